The molecule has 1 unspecified atom stereocenters. The van der Waals surface area contributed by atoms with E-state index in [1.165, 1.54) is 16.8 Å². The summed E-state index contributed by atoms with van der Waals surface area (Å²) in [6.45, 7) is 15.9. The molecule has 2 aliphatic rings. The van der Waals surface area contributed by atoms with Gasteiger partial charge >= 0.3 is 5.69 Å². The van der Waals surface area contributed by atoms with E-state index in [2.05, 4.69) is 42.2 Å². The van der Waals surface area contributed by atoms with Crippen molar-refractivity contribution in [1.29, 1.82) is 0 Å². The standard InChI is InChI=1S/C21H33N4O5P/c1-15(2)25(16(3)4)31(28-13-11-22-5)30-21-10-7-6-8-17(21)29-19(14-21)24-12-9-18(26)23-20(24)27/h9,12,15-17,19H,6-8,10-11,13-14H2,1-4H3,(H,23,26,27)/t17-,19+,21+,31?/m0/s1/i8D/t8-,17+,19-,21-,31?/m1. The van der Waals surface area contributed by atoms with Crippen molar-refractivity contribution in [3.8, 4) is 0 Å². The second-order valence-electron chi connectivity index (χ2n) is 8.54. The van der Waals surface area contributed by atoms with Crippen LogP contribution >= 0.6 is 8.53 Å². The summed E-state index contributed by atoms with van der Waals surface area (Å²) in [5.74, 6) is 0. The van der Waals surface area contributed by atoms with Crippen LogP contribution in [0.5, 0.6) is 0 Å². The first-order valence-electron chi connectivity index (χ1n) is 11.4. The van der Waals surface area contributed by atoms with E-state index < -0.39 is 44.1 Å². The van der Waals surface area contributed by atoms with Crippen molar-refractivity contribution >= 4 is 8.53 Å². The maximum Gasteiger partial charge on any atom is 0.330 e. The van der Waals surface area contributed by atoms with E-state index in [1.54, 1.807) is 0 Å². The number of H-pyrrole nitrogens is 1. The van der Waals surface area contributed by atoms with Gasteiger partial charge in [-0.15, -0.1) is 0 Å². The van der Waals surface area contributed by atoms with Crippen LogP contribution in [0.1, 0.15) is 67.4 Å². The Hall–Kier alpha value is -1.56. The van der Waals surface area contributed by atoms with Crippen LogP contribution in [-0.4, -0.2) is 51.2 Å². The molecule has 10 heteroatoms. The molecular formula is C21H33N4O5P. The highest BCUT2D eigenvalue weighted by Gasteiger charge is 2.54. The SMILES string of the molecule is [2H][C@@H]1CCC[C@@]2(OP(OCC[N+]#[C-])N(C(C)C)C(C)C)C[C@H](n3ccc(=O)[nH]c3=O)O[C@@H]12. The first-order valence-corrected chi connectivity index (χ1v) is 11.9. The van der Waals surface area contributed by atoms with Crippen LogP contribution in [0.2, 0.25) is 0 Å². The lowest BCUT2D eigenvalue weighted by Gasteiger charge is -2.43. The van der Waals surface area contributed by atoms with Gasteiger partial charge in [0.15, 0.2) is 0 Å². The quantitative estimate of drug-likeness (QED) is 0.350. The first kappa shape index (κ1) is 22.6. The number of hydrogen-bond donors (Lipinski definition) is 1. The van der Waals surface area contributed by atoms with Crippen LogP contribution in [0.4, 0.5) is 0 Å². The van der Waals surface area contributed by atoms with Crippen LogP contribution in [0, 0.1) is 6.57 Å². The highest BCUT2D eigenvalue weighted by molar-refractivity contribution is 7.44. The van der Waals surface area contributed by atoms with Crippen molar-refractivity contribution in [3.05, 3.63) is 44.5 Å². The minimum absolute atomic E-state index is 0.152. The van der Waals surface area contributed by atoms with Crippen molar-refractivity contribution in [2.24, 2.45) is 0 Å². The molecule has 31 heavy (non-hydrogen) atoms. The molecule has 3 rings (SSSR count). The number of aromatic nitrogens is 2. The summed E-state index contributed by atoms with van der Waals surface area (Å²) < 4.78 is 31.2. The molecule has 1 saturated heterocycles. The Labute approximate surface area is 185 Å². The molecule has 0 aromatic carbocycles. The molecule has 0 radical (unpaired) electrons. The van der Waals surface area contributed by atoms with Crippen LogP contribution in [0.25, 0.3) is 4.85 Å². The number of fused-ring (bicyclic) bond motifs is 1. The number of nitrogens with zero attached hydrogens (tertiary/aromatic N) is 3. The average Bonchev–Trinajstić information content (AvgIpc) is 3.08. The molecule has 1 saturated carbocycles. The van der Waals surface area contributed by atoms with E-state index in [9.17, 15) is 9.59 Å². The van der Waals surface area contributed by atoms with E-state index in [0.717, 1.165) is 6.42 Å². The molecule has 1 aromatic heterocycles. The van der Waals surface area contributed by atoms with E-state index in [0.29, 0.717) is 19.3 Å². The largest absolute Gasteiger partial charge is 0.352 e. The van der Waals surface area contributed by atoms with Crippen molar-refractivity contribution in [2.45, 2.75) is 89.8 Å². The first-order chi connectivity index (χ1) is 15.2. The van der Waals surface area contributed by atoms with Gasteiger partial charge < -0.3 is 18.6 Å². The number of aromatic amines is 1. The van der Waals surface area contributed by atoms with E-state index >= 15 is 0 Å². The number of nitrogens with one attached hydrogen (secondary N) is 1. The van der Waals surface area contributed by atoms with Crippen molar-refractivity contribution in [2.75, 3.05) is 13.2 Å². The highest BCUT2D eigenvalue weighted by Crippen LogP contribution is 2.57. The van der Waals surface area contributed by atoms with Crippen molar-refractivity contribution < 1.29 is 15.2 Å². The molecule has 0 spiro atoms. The lowest BCUT2D eigenvalue weighted by Crippen LogP contribution is -2.45. The Kier molecular flexibility index (Phi) is 7.57. The monoisotopic (exact) mass is 453 g/mol. The topological polar surface area (TPSA) is 90.2 Å². The molecule has 0 amide bonds. The number of ether oxygens (including phenoxy) is 1. The number of rotatable bonds is 9. The highest BCUT2D eigenvalue weighted by atomic mass is 31.2. The van der Waals surface area contributed by atoms with Crippen molar-refractivity contribution in [3.63, 3.8) is 0 Å². The third-order valence-corrected chi connectivity index (χ3v) is 7.82. The fourth-order valence-electron chi connectivity index (χ4n) is 4.32. The van der Waals surface area contributed by atoms with Gasteiger partial charge in [-0.3, -0.25) is 14.3 Å². The summed E-state index contributed by atoms with van der Waals surface area (Å²) in [4.78, 5) is 29.5. The Bertz CT molecular complexity index is 924. The Morgan fingerprint density at radius 1 is 1.42 bits per heavy atom. The van der Waals surface area contributed by atoms with Crippen LogP contribution in [0.15, 0.2) is 21.9 Å². The number of hydrogen-bond acceptors (Lipinski definition) is 6. The normalized spacial score (nSPS) is 29.7. The third-order valence-electron chi connectivity index (χ3n) is 5.60. The van der Waals surface area contributed by atoms with Gasteiger partial charge in [0.1, 0.15) is 18.4 Å². The van der Waals surface area contributed by atoms with Gasteiger partial charge in [-0.2, -0.15) is 0 Å². The second-order valence-corrected chi connectivity index (χ2v) is 9.92. The van der Waals surface area contributed by atoms with Gasteiger partial charge in [0, 0.05) is 32.1 Å². The Morgan fingerprint density at radius 3 is 2.81 bits per heavy atom. The summed E-state index contributed by atoms with van der Waals surface area (Å²) in [7, 11) is -1.52. The summed E-state index contributed by atoms with van der Waals surface area (Å²) in [5.41, 5.74) is -1.79. The van der Waals surface area contributed by atoms with Gasteiger partial charge in [-0.25, -0.2) is 16.0 Å². The molecule has 2 fully saturated rings. The predicted molar refractivity (Wildman–Crippen MR) is 119 cm³/mol. The van der Waals surface area contributed by atoms with Gasteiger partial charge in [0.05, 0.1) is 6.10 Å². The summed E-state index contributed by atoms with van der Waals surface area (Å²) in [6.07, 6.45) is 2.37. The van der Waals surface area contributed by atoms with Crippen LogP contribution in [-0.2, 0) is 13.8 Å². The lowest BCUT2D eigenvalue weighted by molar-refractivity contribution is -0.0731. The summed E-state index contributed by atoms with van der Waals surface area (Å²) >= 11 is 0. The molecule has 172 valence electrons. The molecule has 2 heterocycles. The van der Waals surface area contributed by atoms with E-state index in [1.807, 2.05) is 0 Å². The maximum absolute atomic E-state index is 12.4. The van der Waals surface area contributed by atoms with Crippen molar-refractivity contribution in [1.82, 2.24) is 14.2 Å². The molecule has 9 nitrogen and oxygen atoms in total. The zero-order chi connectivity index (χ0) is 23.5. The zero-order valence-electron chi connectivity index (χ0n) is 19.6. The Balaban J connectivity index is 1.93. The molecule has 1 N–H and O–H groups in total. The van der Waals surface area contributed by atoms with E-state index in [-0.39, 0.29) is 25.2 Å². The third kappa shape index (κ3) is 5.44. The molecule has 0 bridgehead atoms. The smallest absolute Gasteiger partial charge is 0.330 e. The fourth-order valence-corrected chi connectivity index (χ4v) is 6.18. The molecule has 1 aliphatic carbocycles. The average molecular weight is 453 g/mol. The minimum Gasteiger partial charge on any atom is -0.352 e. The molecule has 1 aliphatic heterocycles. The van der Waals surface area contributed by atoms with Gasteiger partial charge in [0.2, 0.25) is 6.54 Å². The molecule has 5 atom stereocenters. The van der Waals surface area contributed by atoms with Gasteiger partial charge in [-0.05, 0) is 40.5 Å². The Morgan fingerprint density at radius 2 is 2.16 bits per heavy atom. The second kappa shape index (κ2) is 10.4. The van der Waals surface area contributed by atoms with E-state index in [4.69, 9.17) is 21.7 Å². The summed E-state index contributed by atoms with van der Waals surface area (Å²) in [5, 5.41) is 0. The zero-order valence-corrected chi connectivity index (χ0v) is 19.5. The maximum atomic E-state index is 12.4. The predicted octanol–water partition coefficient (Wildman–Crippen LogP) is 3.44. The van der Waals surface area contributed by atoms with Gasteiger partial charge in [-0.1, -0.05) is 12.8 Å². The fraction of sp³-hybridized carbons (Fsp3) is 0.762. The lowest BCUT2D eigenvalue weighted by atomic mass is 9.81. The summed E-state index contributed by atoms with van der Waals surface area (Å²) in [6, 6.07) is 1.59. The molecular weight excluding hydrogens is 419 g/mol. The van der Waals surface area contributed by atoms with Gasteiger partial charge in [0.25, 0.3) is 14.1 Å². The van der Waals surface area contributed by atoms with Crippen LogP contribution in [0.3, 0.4) is 0 Å². The molecule has 1 aromatic rings. The van der Waals surface area contributed by atoms with Crippen LogP contribution < -0.4 is 11.2 Å². The minimum atomic E-state index is -1.52.